The Labute approximate surface area is 356 Å². The summed E-state index contributed by atoms with van der Waals surface area (Å²) in [5.74, 6) is 1.69. The Hall–Kier alpha value is -5.68. The van der Waals surface area contributed by atoms with Crippen LogP contribution >= 0.6 is 0 Å². The lowest BCUT2D eigenvalue weighted by molar-refractivity contribution is 0.0580. The van der Waals surface area contributed by atoms with Gasteiger partial charge in [-0.3, -0.25) is 4.57 Å². The molecule has 2 aromatic heterocycles. The molecule has 5 heteroatoms. The summed E-state index contributed by atoms with van der Waals surface area (Å²) in [4.78, 5) is 13.0. The summed E-state index contributed by atoms with van der Waals surface area (Å²) in [6, 6.07) is 34.9. The van der Waals surface area contributed by atoms with Gasteiger partial charge in [-0.15, -0.1) is 0 Å². The standard InChI is InChI=1S/C55H58N4O/c1-32-14-16-45-41(24-32)42-30-44-48(31-47(42)59(45)49-29-39(18-21-56-49)52(6,7)8)58(46-17-15-33(2)25-43(46)53(44,9)10)40-27-37(50-35(4)22-34(3)23-36(50)5)26-38(28-40)51-57-54(11)19-13-20-55(54,12)60-51/h14-18,21-31H,13,19-20H2,1-12H3/t54-,55+/m1/s1. The molecule has 0 unspecified atom stereocenters. The van der Waals surface area contributed by atoms with E-state index in [1.807, 2.05) is 6.20 Å². The largest absolute Gasteiger partial charge is 0.469 e. The van der Waals surface area contributed by atoms with Crippen molar-refractivity contribution in [3.05, 3.63) is 147 Å². The first-order chi connectivity index (χ1) is 28.3. The van der Waals surface area contributed by atoms with Gasteiger partial charge in [0.2, 0.25) is 5.90 Å². The summed E-state index contributed by atoms with van der Waals surface area (Å²) in [7, 11) is 0. The van der Waals surface area contributed by atoms with Crippen molar-refractivity contribution in [2.45, 2.75) is 124 Å². The number of ether oxygens (including phenoxy) is 1. The van der Waals surface area contributed by atoms with Crippen molar-refractivity contribution in [1.29, 1.82) is 0 Å². The van der Waals surface area contributed by atoms with Crippen molar-refractivity contribution in [2.75, 3.05) is 4.90 Å². The van der Waals surface area contributed by atoms with Gasteiger partial charge in [-0.1, -0.05) is 81.6 Å². The van der Waals surface area contributed by atoms with Crippen LogP contribution in [0, 0.1) is 34.6 Å². The van der Waals surface area contributed by atoms with Crippen molar-refractivity contribution in [1.82, 2.24) is 9.55 Å². The molecule has 3 aliphatic rings. The third-order valence-corrected chi connectivity index (χ3v) is 14.4. The zero-order valence-corrected chi connectivity index (χ0v) is 37.6. The minimum Gasteiger partial charge on any atom is -0.469 e. The summed E-state index contributed by atoms with van der Waals surface area (Å²) < 4.78 is 9.37. The van der Waals surface area contributed by atoms with Crippen LogP contribution in [0.3, 0.4) is 0 Å². The number of fused-ring (bicyclic) bond motifs is 6. The SMILES string of the molecule is Cc1cc(C)c(-c2cc(C3=N[C@]4(C)CCC[C@]4(C)O3)cc(N3c4ccc(C)cc4C(C)(C)c4cc5c6cc(C)ccc6n(-c6cc(C(C)(C)C)ccn6)c5cc43)c2)c(C)c1. The fourth-order valence-corrected chi connectivity index (χ4v) is 10.9. The zero-order valence-electron chi connectivity index (χ0n) is 37.6. The van der Waals surface area contributed by atoms with E-state index in [9.17, 15) is 0 Å². The lowest BCUT2D eigenvalue weighted by atomic mass is 9.72. The number of aromatic nitrogens is 2. The van der Waals surface area contributed by atoms with Gasteiger partial charge in [0.15, 0.2) is 0 Å². The summed E-state index contributed by atoms with van der Waals surface area (Å²) >= 11 is 0. The Bertz CT molecular complexity index is 2970. The topological polar surface area (TPSA) is 42.6 Å². The molecule has 10 rings (SSSR count). The van der Waals surface area contributed by atoms with Gasteiger partial charge < -0.3 is 9.64 Å². The maximum Gasteiger partial charge on any atom is 0.217 e. The van der Waals surface area contributed by atoms with Crippen molar-refractivity contribution in [3.63, 3.8) is 0 Å². The Kier molecular flexibility index (Phi) is 8.29. The second-order valence-corrected chi connectivity index (χ2v) is 20.3. The van der Waals surface area contributed by atoms with Crippen LogP contribution in [0.5, 0.6) is 0 Å². The van der Waals surface area contributed by atoms with E-state index in [1.54, 1.807) is 0 Å². The molecule has 7 aromatic rings. The van der Waals surface area contributed by atoms with Gasteiger partial charge in [0.05, 0.1) is 22.4 Å². The molecule has 0 amide bonds. The third kappa shape index (κ3) is 5.71. The average Bonchev–Trinajstić information content (AvgIpc) is 3.75. The molecule has 60 heavy (non-hydrogen) atoms. The normalized spacial score (nSPS) is 20.6. The number of aliphatic imine (C=N–C) groups is 1. The quantitative estimate of drug-likeness (QED) is 0.178. The Morgan fingerprint density at radius 1 is 0.633 bits per heavy atom. The average molecular weight is 791 g/mol. The van der Waals surface area contributed by atoms with Crippen LogP contribution < -0.4 is 4.90 Å². The molecular formula is C55H58N4O. The maximum absolute atomic E-state index is 6.98. The number of anilines is 3. The molecule has 304 valence electrons. The number of hydrogen-bond acceptors (Lipinski definition) is 4. The Morgan fingerprint density at radius 3 is 2.05 bits per heavy atom. The smallest absolute Gasteiger partial charge is 0.217 e. The molecule has 0 radical (unpaired) electrons. The van der Waals surface area contributed by atoms with Crippen LogP contribution in [-0.4, -0.2) is 26.6 Å². The molecule has 0 spiro atoms. The lowest BCUT2D eigenvalue weighted by Crippen LogP contribution is -2.41. The monoisotopic (exact) mass is 790 g/mol. The minimum atomic E-state index is -0.310. The van der Waals surface area contributed by atoms with Crippen LogP contribution in [-0.2, 0) is 15.6 Å². The van der Waals surface area contributed by atoms with Crippen molar-refractivity contribution in [2.24, 2.45) is 4.99 Å². The highest BCUT2D eigenvalue weighted by Gasteiger charge is 2.55. The first-order valence-electron chi connectivity index (χ1n) is 21.9. The van der Waals surface area contributed by atoms with Gasteiger partial charge in [-0.05, 0) is 173 Å². The molecule has 0 N–H and O–H groups in total. The van der Waals surface area contributed by atoms with Crippen LogP contribution in [0.25, 0.3) is 38.8 Å². The molecule has 2 atom stereocenters. The molecule has 2 aliphatic heterocycles. The highest BCUT2D eigenvalue weighted by Crippen LogP contribution is 2.55. The van der Waals surface area contributed by atoms with E-state index in [1.165, 1.54) is 77.8 Å². The minimum absolute atomic E-state index is 0.0213. The molecule has 1 fully saturated rings. The van der Waals surface area contributed by atoms with Gasteiger partial charge in [0.1, 0.15) is 17.0 Å². The van der Waals surface area contributed by atoms with Crippen LogP contribution in [0.1, 0.15) is 118 Å². The summed E-state index contributed by atoms with van der Waals surface area (Å²) in [5.41, 5.74) is 18.5. The molecule has 5 nitrogen and oxygen atoms in total. The van der Waals surface area contributed by atoms with Gasteiger partial charge in [0, 0.05) is 33.6 Å². The number of nitrogens with zero attached hydrogens (tertiary/aromatic N) is 4. The molecule has 0 saturated heterocycles. The van der Waals surface area contributed by atoms with Crippen molar-refractivity contribution >= 4 is 44.8 Å². The number of pyridine rings is 1. The second-order valence-electron chi connectivity index (χ2n) is 20.3. The summed E-state index contributed by atoms with van der Waals surface area (Å²) in [5, 5.41) is 2.48. The van der Waals surface area contributed by atoms with E-state index in [0.29, 0.717) is 0 Å². The third-order valence-electron chi connectivity index (χ3n) is 14.4. The Morgan fingerprint density at radius 2 is 1.32 bits per heavy atom. The van der Waals surface area contributed by atoms with Gasteiger partial charge in [-0.2, -0.15) is 0 Å². The van der Waals surface area contributed by atoms with Crippen LogP contribution in [0.2, 0.25) is 0 Å². The van der Waals surface area contributed by atoms with Gasteiger partial charge in [-0.25, -0.2) is 9.98 Å². The van der Waals surface area contributed by atoms with E-state index in [2.05, 4.69) is 184 Å². The predicted molar refractivity (Wildman–Crippen MR) is 251 cm³/mol. The lowest BCUT2D eigenvalue weighted by Gasteiger charge is -2.42. The summed E-state index contributed by atoms with van der Waals surface area (Å²) in [6.45, 7) is 27.2. The predicted octanol–water partition coefficient (Wildman–Crippen LogP) is 14.3. The van der Waals surface area contributed by atoms with Crippen molar-refractivity contribution < 1.29 is 4.74 Å². The number of benzene rings is 5. The first-order valence-corrected chi connectivity index (χ1v) is 21.9. The van der Waals surface area contributed by atoms with E-state index in [4.69, 9.17) is 14.7 Å². The second kappa shape index (κ2) is 12.9. The maximum atomic E-state index is 6.98. The van der Waals surface area contributed by atoms with Crippen LogP contribution in [0.15, 0.2) is 102 Å². The van der Waals surface area contributed by atoms with Crippen LogP contribution in [0.4, 0.5) is 17.1 Å². The van der Waals surface area contributed by atoms with E-state index in [-0.39, 0.29) is 22.0 Å². The van der Waals surface area contributed by atoms with Gasteiger partial charge in [0.25, 0.3) is 0 Å². The van der Waals surface area contributed by atoms with Gasteiger partial charge >= 0.3 is 0 Å². The van der Waals surface area contributed by atoms with E-state index in [0.717, 1.165) is 53.3 Å². The molecule has 1 saturated carbocycles. The first kappa shape index (κ1) is 38.5. The fourth-order valence-electron chi connectivity index (χ4n) is 10.9. The number of hydrogen-bond donors (Lipinski definition) is 0. The highest BCUT2D eigenvalue weighted by atomic mass is 16.5. The highest BCUT2D eigenvalue weighted by molar-refractivity contribution is 6.12. The molecule has 5 aromatic carbocycles. The molecule has 1 aliphatic carbocycles. The number of rotatable bonds is 4. The summed E-state index contributed by atoms with van der Waals surface area (Å²) in [6.07, 6.45) is 5.15. The van der Waals surface area contributed by atoms with E-state index >= 15 is 0 Å². The fraction of sp³-hybridized carbons (Fsp3) is 0.345. The molecule has 4 heterocycles. The van der Waals surface area contributed by atoms with Crippen molar-refractivity contribution in [3.8, 4) is 16.9 Å². The Balaban J connectivity index is 1.29. The zero-order chi connectivity index (χ0) is 42.3. The molecular weight excluding hydrogens is 733 g/mol. The van der Waals surface area contributed by atoms with E-state index < -0.39 is 0 Å². The molecule has 0 bridgehead atoms. The number of aryl methyl sites for hydroxylation is 5.